The number of phenolic OH excluding ortho intramolecular Hbond substituents is 1. The fourth-order valence-corrected chi connectivity index (χ4v) is 3.39. The van der Waals surface area contributed by atoms with Crippen LogP contribution in [0.25, 0.3) is 6.08 Å². The topological polar surface area (TPSA) is 78.9 Å². The van der Waals surface area contributed by atoms with Gasteiger partial charge in [-0.15, -0.1) is 0 Å². The number of phenols is 1. The highest BCUT2D eigenvalue weighted by atomic mass is 127. The Hall–Kier alpha value is -2.53. The average Bonchev–Trinajstić information content (AvgIpc) is 2.62. The van der Waals surface area contributed by atoms with E-state index in [2.05, 4.69) is 5.32 Å². The fourth-order valence-electron chi connectivity index (χ4n) is 2.48. The molecule has 1 heterocycles. The van der Waals surface area contributed by atoms with E-state index in [0.29, 0.717) is 14.8 Å². The summed E-state index contributed by atoms with van der Waals surface area (Å²) in [5.74, 6) is -1.57. The molecule has 1 aliphatic heterocycles. The van der Waals surface area contributed by atoms with Crippen LogP contribution in [-0.2, 0) is 9.59 Å². The Balaban J connectivity index is 2.04. The van der Waals surface area contributed by atoms with Crippen LogP contribution in [0.15, 0.2) is 42.0 Å². The summed E-state index contributed by atoms with van der Waals surface area (Å²) < 4.78 is 18.8. The normalized spacial score (nSPS) is 15.9. The number of nitrogens with one attached hydrogen (secondary N) is 1. The lowest BCUT2D eigenvalue weighted by molar-refractivity contribution is -0.122. The summed E-state index contributed by atoms with van der Waals surface area (Å²) in [7, 11) is 1.40. The van der Waals surface area contributed by atoms with Gasteiger partial charge in [0.15, 0.2) is 16.6 Å². The summed E-state index contributed by atoms with van der Waals surface area (Å²) in [6.07, 6.45) is 1.38. The quantitative estimate of drug-likeness (QED) is 0.295. The summed E-state index contributed by atoms with van der Waals surface area (Å²) in [5, 5.41) is 12.3. The molecule has 0 bridgehead atoms. The third-order valence-electron chi connectivity index (χ3n) is 3.77. The highest BCUT2D eigenvalue weighted by molar-refractivity contribution is 14.1. The first kappa shape index (κ1) is 19.2. The molecule has 0 aromatic heterocycles. The van der Waals surface area contributed by atoms with Gasteiger partial charge in [0.05, 0.1) is 16.4 Å². The Labute approximate surface area is 172 Å². The second-order valence-electron chi connectivity index (χ2n) is 5.49. The highest BCUT2D eigenvalue weighted by Crippen LogP contribution is 2.33. The fraction of sp³-hybridized carbons (Fsp3) is 0.0556. The predicted molar refractivity (Wildman–Crippen MR) is 110 cm³/mol. The molecule has 0 atom stereocenters. The van der Waals surface area contributed by atoms with Crippen LogP contribution in [0.2, 0.25) is 0 Å². The third kappa shape index (κ3) is 3.78. The van der Waals surface area contributed by atoms with E-state index in [0.717, 1.165) is 4.90 Å². The van der Waals surface area contributed by atoms with Crippen LogP contribution in [0.4, 0.5) is 10.1 Å². The Bertz CT molecular complexity index is 992. The molecule has 2 amide bonds. The van der Waals surface area contributed by atoms with Gasteiger partial charge in [-0.1, -0.05) is 0 Å². The number of amides is 2. The molecule has 0 unspecified atom stereocenters. The first-order chi connectivity index (χ1) is 12.8. The monoisotopic (exact) mass is 498 g/mol. The van der Waals surface area contributed by atoms with Gasteiger partial charge in [-0.25, -0.2) is 4.39 Å². The molecule has 0 saturated carbocycles. The second-order valence-corrected chi connectivity index (χ2v) is 7.04. The number of anilines is 1. The highest BCUT2D eigenvalue weighted by Gasteiger charge is 2.34. The van der Waals surface area contributed by atoms with Crippen LogP contribution in [0.5, 0.6) is 11.5 Å². The molecule has 6 nitrogen and oxygen atoms in total. The zero-order valence-electron chi connectivity index (χ0n) is 13.8. The molecule has 3 rings (SSSR count). The molecule has 0 radical (unpaired) electrons. The molecule has 2 N–H and O–H groups in total. The van der Waals surface area contributed by atoms with E-state index in [9.17, 15) is 19.1 Å². The first-order valence-electron chi connectivity index (χ1n) is 7.55. The number of hydrogen-bond donors (Lipinski definition) is 2. The Morgan fingerprint density at radius 2 is 1.93 bits per heavy atom. The van der Waals surface area contributed by atoms with Crippen molar-refractivity contribution in [3.8, 4) is 11.5 Å². The van der Waals surface area contributed by atoms with Crippen molar-refractivity contribution in [2.75, 3.05) is 12.0 Å². The molecule has 1 fully saturated rings. The van der Waals surface area contributed by atoms with Crippen LogP contribution in [-0.4, -0.2) is 29.1 Å². The summed E-state index contributed by atoms with van der Waals surface area (Å²) in [6.45, 7) is 0. The van der Waals surface area contributed by atoms with Crippen LogP contribution >= 0.6 is 34.8 Å². The molecule has 2 aromatic rings. The minimum absolute atomic E-state index is 0.0335. The predicted octanol–water partition coefficient (Wildman–Crippen LogP) is 2.98. The number of halogens is 2. The summed E-state index contributed by atoms with van der Waals surface area (Å²) >= 11 is 7.00. The summed E-state index contributed by atoms with van der Waals surface area (Å²) in [5.41, 5.74) is 0.658. The number of thiocarbonyl (C=S) groups is 1. The van der Waals surface area contributed by atoms with Gasteiger partial charge in [-0.3, -0.25) is 19.8 Å². The number of carbonyl (C=O) groups excluding carboxylic acids is 2. The van der Waals surface area contributed by atoms with Crippen molar-refractivity contribution in [3.63, 3.8) is 0 Å². The van der Waals surface area contributed by atoms with Crippen molar-refractivity contribution in [2.24, 2.45) is 0 Å². The maximum atomic E-state index is 13.2. The number of hydrogen-bond acceptors (Lipinski definition) is 5. The third-order valence-corrected chi connectivity index (χ3v) is 4.88. The van der Waals surface area contributed by atoms with E-state index in [1.54, 1.807) is 6.07 Å². The minimum Gasteiger partial charge on any atom is -0.504 e. The number of ether oxygens (including phenoxy) is 1. The molecule has 1 saturated heterocycles. The zero-order valence-corrected chi connectivity index (χ0v) is 16.8. The van der Waals surface area contributed by atoms with E-state index in [1.165, 1.54) is 43.5 Å². The number of methoxy groups -OCH3 is 1. The number of nitrogens with zero attached hydrogens (tertiary/aromatic N) is 1. The number of aromatic hydroxyl groups is 1. The van der Waals surface area contributed by atoms with Gasteiger partial charge in [0, 0.05) is 0 Å². The maximum Gasteiger partial charge on any atom is 0.270 e. The lowest BCUT2D eigenvalue weighted by Crippen LogP contribution is -2.54. The largest absolute Gasteiger partial charge is 0.504 e. The van der Waals surface area contributed by atoms with Crippen molar-refractivity contribution in [2.45, 2.75) is 0 Å². The Morgan fingerprint density at radius 3 is 2.56 bits per heavy atom. The molecule has 2 aromatic carbocycles. The standard InChI is InChI=1S/C18H12FIN2O4S/c1-26-14-8-9(7-13(20)15(14)23)6-12-16(24)21-18(27)22(17(12)25)11-4-2-10(19)3-5-11/h2-8,23H,1H3,(H,21,24,27). The average molecular weight is 498 g/mol. The molecular formula is C18H12FIN2O4S. The lowest BCUT2D eigenvalue weighted by atomic mass is 10.1. The van der Waals surface area contributed by atoms with Crippen molar-refractivity contribution < 1.29 is 23.8 Å². The SMILES string of the molecule is COc1cc(C=C2C(=O)NC(=S)N(c3ccc(F)cc3)C2=O)cc(I)c1O. The van der Waals surface area contributed by atoms with Gasteiger partial charge in [0.1, 0.15) is 11.4 Å². The van der Waals surface area contributed by atoms with Gasteiger partial charge in [0.25, 0.3) is 11.8 Å². The smallest absolute Gasteiger partial charge is 0.270 e. The van der Waals surface area contributed by atoms with Crippen LogP contribution in [0.3, 0.4) is 0 Å². The van der Waals surface area contributed by atoms with Crippen molar-refractivity contribution in [1.29, 1.82) is 0 Å². The van der Waals surface area contributed by atoms with Gasteiger partial charge in [-0.2, -0.15) is 0 Å². The molecule has 0 spiro atoms. The van der Waals surface area contributed by atoms with Crippen molar-refractivity contribution in [3.05, 3.63) is 56.9 Å². The van der Waals surface area contributed by atoms with E-state index in [-0.39, 0.29) is 22.2 Å². The van der Waals surface area contributed by atoms with Crippen LogP contribution < -0.4 is 15.0 Å². The van der Waals surface area contributed by atoms with Crippen molar-refractivity contribution in [1.82, 2.24) is 5.32 Å². The Kier molecular flexibility index (Phi) is 5.42. The maximum absolute atomic E-state index is 13.2. The second kappa shape index (κ2) is 7.61. The molecular weight excluding hydrogens is 486 g/mol. The summed E-state index contributed by atoms with van der Waals surface area (Å²) in [6, 6.07) is 8.26. The van der Waals surface area contributed by atoms with Gasteiger partial charge in [-0.05, 0) is 82.8 Å². The molecule has 9 heteroatoms. The number of rotatable bonds is 3. The Morgan fingerprint density at radius 1 is 1.26 bits per heavy atom. The van der Waals surface area contributed by atoms with E-state index >= 15 is 0 Å². The molecule has 0 aliphatic carbocycles. The van der Waals surface area contributed by atoms with Crippen LogP contribution in [0.1, 0.15) is 5.56 Å². The minimum atomic E-state index is -0.648. The molecule has 1 aliphatic rings. The van der Waals surface area contributed by atoms with E-state index in [1.807, 2.05) is 22.6 Å². The van der Waals surface area contributed by atoms with E-state index in [4.69, 9.17) is 17.0 Å². The molecule has 27 heavy (non-hydrogen) atoms. The first-order valence-corrected chi connectivity index (χ1v) is 9.04. The van der Waals surface area contributed by atoms with Gasteiger partial charge >= 0.3 is 0 Å². The summed E-state index contributed by atoms with van der Waals surface area (Å²) in [4.78, 5) is 26.3. The van der Waals surface area contributed by atoms with Crippen molar-refractivity contribution >= 4 is 63.5 Å². The number of carbonyl (C=O) groups is 2. The number of benzene rings is 2. The van der Waals surface area contributed by atoms with Crippen LogP contribution in [0, 0.1) is 9.39 Å². The zero-order chi connectivity index (χ0) is 19.7. The van der Waals surface area contributed by atoms with Gasteiger partial charge < -0.3 is 9.84 Å². The van der Waals surface area contributed by atoms with E-state index < -0.39 is 17.6 Å². The molecule has 138 valence electrons. The van der Waals surface area contributed by atoms with Gasteiger partial charge in [0.2, 0.25) is 0 Å². The lowest BCUT2D eigenvalue weighted by Gasteiger charge is -2.28.